The van der Waals surface area contributed by atoms with Gasteiger partial charge in [-0.05, 0) is 49.7 Å². The van der Waals surface area contributed by atoms with Gasteiger partial charge in [0.2, 0.25) is 0 Å². The number of para-hydroxylation sites is 1. The van der Waals surface area contributed by atoms with Crippen LogP contribution in [0, 0.1) is 11.8 Å². The van der Waals surface area contributed by atoms with Gasteiger partial charge >= 0.3 is 7.94 Å². The van der Waals surface area contributed by atoms with E-state index in [0.717, 1.165) is 56.2 Å². The molecule has 0 aliphatic heterocycles. The maximum atomic E-state index is 6.59. The molecule has 0 heterocycles. The molecule has 0 N–H and O–H groups in total. The van der Waals surface area contributed by atoms with Crippen molar-refractivity contribution in [3.8, 4) is 5.75 Å². The minimum Gasteiger partial charge on any atom is -0.287 e. The molecule has 4 heteroatoms. The summed E-state index contributed by atoms with van der Waals surface area (Å²) >= 11 is 0. The van der Waals surface area contributed by atoms with Crippen molar-refractivity contribution in [3.05, 3.63) is 30.3 Å². The van der Waals surface area contributed by atoms with Crippen molar-refractivity contribution in [2.75, 3.05) is 19.4 Å². The quantitative estimate of drug-likeness (QED) is 0.112. The van der Waals surface area contributed by atoms with Crippen LogP contribution in [0.2, 0.25) is 0 Å². The van der Waals surface area contributed by atoms with Crippen LogP contribution in [0.3, 0.4) is 0 Å². The van der Waals surface area contributed by atoms with E-state index >= 15 is 0 Å². The first-order chi connectivity index (χ1) is 16.5. The van der Waals surface area contributed by atoms with E-state index < -0.39 is 7.94 Å². The van der Waals surface area contributed by atoms with Gasteiger partial charge in [-0.1, -0.05) is 117 Å². The highest BCUT2D eigenvalue weighted by Gasteiger charge is 2.46. The van der Waals surface area contributed by atoms with E-state index in [-0.39, 0.29) is 0 Å². The summed E-state index contributed by atoms with van der Waals surface area (Å²) in [6.07, 6.45) is 18.2. The Bertz CT molecular complexity index is 563. The zero-order valence-electron chi connectivity index (χ0n) is 23.2. The Balaban J connectivity index is 2.71. The van der Waals surface area contributed by atoms with Crippen LogP contribution < -0.4 is 4.52 Å². The molecule has 0 aliphatic carbocycles. The third-order valence-corrected chi connectivity index (χ3v) is 8.71. The lowest BCUT2D eigenvalue weighted by Crippen LogP contribution is -2.15. The van der Waals surface area contributed by atoms with Crippen LogP contribution in [-0.2, 0) is 9.05 Å². The largest absolute Gasteiger partial charge is 0.456 e. The predicted octanol–water partition coefficient (Wildman–Crippen LogP) is 10.7. The van der Waals surface area contributed by atoms with E-state index in [9.17, 15) is 0 Å². The SMILES string of the molecule is CCCCCCCCO[P+](CCCCCC(C)C)(OCCCCCC(C)C)Oc1ccccc1. The molecule has 0 spiro atoms. The normalized spacial score (nSPS) is 13.5. The lowest BCUT2D eigenvalue weighted by Gasteiger charge is -2.23. The van der Waals surface area contributed by atoms with Crippen molar-refractivity contribution < 1.29 is 13.6 Å². The summed E-state index contributed by atoms with van der Waals surface area (Å²) in [5.74, 6) is 2.42. The number of rotatable bonds is 23. The van der Waals surface area contributed by atoms with Gasteiger partial charge < -0.3 is 0 Å². The average Bonchev–Trinajstić information content (AvgIpc) is 2.81. The Labute approximate surface area is 213 Å². The van der Waals surface area contributed by atoms with E-state index in [4.69, 9.17) is 13.6 Å². The van der Waals surface area contributed by atoms with Crippen LogP contribution in [0.4, 0.5) is 0 Å². The van der Waals surface area contributed by atoms with Gasteiger partial charge in [-0.15, -0.1) is 0 Å². The van der Waals surface area contributed by atoms with Crippen molar-refractivity contribution in [2.45, 2.75) is 125 Å². The van der Waals surface area contributed by atoms with E-state index in [2.05, 4.69) is 34.6 Å². The fraction of sp³-hybridized carbons (Fsp3) is 0.800. The number of unbranched alkanes of at least 4 members (excludes halogenated alkanes) is 9. The van der Waals surface area contributed by atoms with Crippen LogP contribution >= 0.6 is 7.94 Å². The Morgan fingerprint density at radius 3 is 1.68 bits per heavy atom. The summed E-state index contributed by atoms with van der Waals surface area (Å²) < 4.78 is 19.7. The molecule has 1 atom stereocenters. The van der Waals surface area contributed by atoms with Gasteiger partial charge in [-0.25, -0.2) is 0 Å². The molecular weight excluding hydrogens is 439 g/mol. The van der Waals surface area contributed by atoms with Gasteiger partial charge in [0, 0.05) is 0 Å². The molecule has 0 fully saturated rings. The van der Waals surface area contributed by atoms with Crippen LogP contribution in [0.5, 0.6) is 5.75 Å². The highest BCUT2D eigenvalue weighted by atomic mass is 31.2. The van der Waals surface area contributed by atoms with Crippen LogP contribution in [-0.4, -0.2) is 19.4 Å². The fourth-order valence-electron chi connectivity index (χ4n) is 4.06. The van der Waals surface area contributed by atoms with Gasteiger partial charge in [-0.2, -0.15) is 9.05 Å². The van der Waals surface area contributed by atoms with Gasteiger partial charge in [0.05, 0.1) is 13.2 Å². The molecule has 1 rings (SSSR count). The molecule has 0 aliphatic rings. The molecule has 0 radical (unpaired) electrons. The first kappa shape index (κ1) is 31.4. The smallest absolute Gasteiger partial charge is 0.287 e. The highest BCUT2D eigenvalue weighted by Crippen LogP contribution is 2.62. The van der Waals surface area contributed by atoms with Gasteiger partial charge in [0.15, 0.2) is 5.75 Å². The molecule has 1 unspecified atom stereocenters. The first-order valence-corrected chi connectivity index (χ1v) is 16.1. The van der Waals surface area contributed by atoms with Crippen molar-refractivity contribution in [1.29, 1.82) is 0 Å². The second-order valence-corrected chi connectivity index (χ2v) is 13.0. The minimum absolute atomic E-state index is 0.737. The maximum absolute atomic E-state index is 6.59. The fourth-order valence-corrected chi connectivity index (χ4v) is 6.46. The van der Waals surface area contributed by atoms with Crippen LogP contribution in [0.1, 0.15) is 125 Å². The average molecular weight is 496 g/mol. The van der Waals surface area contributed by atoms with Crippen molar-refractivity contribution in [3.63, 3.8) is 0 Å². The molecule has 0 amide bonds. The molecule has 0 aromatic heterocycles. The highest BCUT2D eigenvalue weighted by molar-refractivity contribution is 7.62. The third kappa shape index (κ3) is 16.9. The summed E-state index contributed by atoms with van der Waals surface area (Å²) in [5, 5.41) is 0. The van der Waals surface area contributed by atoms with Crippen LogP contribution in [0.25, 0.3) is 0 Å². The first-order valence-electron chi connectivity index (χ1n) is 14.4. The molecular formula is C30H56O3P+. The van der Waals surface area contributed by atoms with Crippen molar-refractivity contribution in [2.24, 2.45) is 11.8 Å². The van der Waals surface area contributed by atoms with E-state index in [1.165, 1.54) is 70.6 Å². The lowest BCUT2D eigenvalue weighted by atomic mass is 10.1. The standard InChI is InChI=1S/C30H56O3P/c1-6-7-8-9-10-18-25-31-34(27-20-13-15-22-29(4)5,33-30-23-16-11-17-24-30)32-26-19-12-14-21-28(2)3/h11,16-17,23-24,28-29H,6-10,12-15,18-22,25-27H2,1-5H3/q+1. The number of hydrogen-bond acceptors (Lipinski definition) is 3. The Hall–Kier alpha value is -0.630. The number of benzene rings is 1. The number of hydrogen-bond donors (Lipinski definition) is 0. The lowest BCUT2D eigenvalue weighted by molar-refractivity contribution is 0.174. The second kappa shape index (κ2) is 20.6. The third-order valence-electron chi connectivity index (χ3n) is 6.20. The predicted molar refractivity (Wildman–Crippen MR) is 151 cm³/mol. The second-order valence-electron chi connectivity index (χ2n) is 10.7. The summed E-state index contributed by atoms with van der Waals surface area (Å²) in [5.41, 5.74) is 0. The molecule has 1 aromatic rings. The monoisotopic (exact) mass is 495 g/mol. The zero-order chi connectivity index (χ0) is 24.9. The van der Waals surface area contributed by atoms with E-state index in [0.29, 0.717) is 0 Å². The van der Waals surface area contributed by atoms with E-state index in [1.54, 1.807) is 0 Å². The molecule has 3 nitrogen and oxygen atoms in total. The van der Waals surface area contributed by atoms with Crippen LogP contribution in [0.15, 0.2) is 30.3 Å². The molecule has 198 valence electrons. The summed E-state index contributed by atoms with van der Waals surface area (Å²) in [6, 6.07) is 10.2. The molecule has 0 saturated heterocycles. The Morgan fingerprint density at radius 2 is 1.12 bits per heavy atom. The topological polar surface area (TPSA) is 27.7 Å². The summed E-state index contributed by atoms with van der Waals surface area (Å²) in [7, 11) is -2.41. The Morgan fingerprint density at radius 1 is 0.618 bits per heavy atom. The Kier molecular flexibility index (Phi) is 19.0. The van der Waals surface area contributed by atoms with Crippen molar-refractivity contribution in [1.82, 2.24) is 0 Å². The van der Waals surface area contributed by atoms with Gasteiger partial charge in [-0.3, -0.25) is 4.52 Å². The van der Waals surface area contributed by atoms with Gasteiger partial charge in [0.25, 0.3) is 0 Å². The molecule has 1 aromatic carbocycles. The van der Waals surface area contributed by atoms with Gasteiger partial charge in [0.1, 0.15) is 6.16 Å². The molecule has 0 saturated carbocycles. The van der Waals surface area contributed by atoms with Crippen molar-refractivity contribution >= 4 is 7.94 Å². The van der Waals surface area contributed by atoms with E-state index in [1.807, 2.05) is 30.3 Å². The zero-order valence-corrected chi connectivity index (χ0v) is 24.1. The molecule has 0 bridgehead atoms. The minimum atomic E-state index is -2.41. The maximum Gasteiger partial charge on any atom is 0.456 e. The summed E-state index contributed by atoms with van der Waals surface area (Å²) in [6.45, 7) is 13.0. The molecule has 34 heavy (non-hydrogen) atoms. The summed E-state index contributed by atoms with van der Waals surface area (Å²) in [4.78, 5) is 0.